The summed E-state index contributed by atoms with van der Waals surface area (Å²) < 4.78 is 0. The van der Waals surface area contributed by atoms with Gasteiger partial charge in [0.1, 0.15) is 6.04 Å². The van der Waals surface area contributed by atoms with Gasteiger partial charge in [0.25, 0.3) is 0 Å². The zero-order valence-electron chi connectivity index (χ0n) is 5.33. The zero-order chi connectivity index (χ0) is 6.85. The Morgan fingerprint density at radius 1 is 1.70 bits per heavy atom. The minimum atomic E-state index is -0.944. The van der Waals surface area contributed by atoms with E-state index in [0.717, 1.165) is 0 Å². The second-order valence-corrected chi connectivity index (χ2v) is 2.00. The number of carboxylic acids is 1. The zero-order valence-corrected chi connectivity index (χ0v) is 6.49. The van der Waals surface area contributed by atoms with Gasteiger partial charge in [0.2, 0.25) is 5.91 Å². The number of aliphatic carboxylic acids is 1. The molecule has 1 amide bonds. The molecule has 10 heavy (non-hydrogen) atoms. The first-order chi connectivity index (χ1) is 4.20. The summed E-state index contributed by atoms with van der Waals surface area (Å²) in [6.45, 7) is 0. The van der Waals surface area contributed by atoms with E-state index in [1.807, 2.05) is 0 Å². The van der Waals surface area contributed by atoms with E-state index in [1.54, 1.807) is 0 Å². The quantitative estimate of drug-likeness (QED) is 0.477. The summed E-state index contributed by atoms with van der Waals surface area (Å²) >= 11 is 0. The maximum Gasteiger partial charge on any atom is 3.00 e. The van der Waals surface area contributed by atoms with E-state index in [9.17, 15) is 9.59 Å². The summed E-state index contributed by atoms with van der Waals surface area (Å²) in [6.07, 6.45) is 0.769. The Hall–Kier alpha value is -0.528. The largest absolute Gasteiger partial charge is 3.00 e. The van der Waals surface area contributed by atoms with E-state index in [4.69, 9.17) is 5.11 Å². The molecule has 50 valence electrons. The number of nitrogens with one attached hydrogen (secondary N) is 1. The van der Waals surface area contributed by atoms with Crippen LogP contribution in [0.3, 0.4) is 0 Å². The summed E-state index contributed by atoms with van der Waals surface area (Å²) in [4.78, 5) is 20.5. The molecule has 0 aromatic rings. The summed E-state index contributed by atoms with van der Waals surface area (Å²) in [6, 6.07) is -0.641. The van der Waals surface area contributed by atoms with Crippen molar-refractivity contribution >= 4 is 29.2 Å². The maximum absolute atomic E-state index is 10.4. The average Bonchev–Trinajstić information content (AvgIpc) is 2.14. The summed E-state index contributed by atoms with van der Waals surface area (Å²) in [5.74, 6) is -1.11. The fourth-order valence-electron chi connectivity index (χ4n) is 0.799. The fourth-order valence-corrected chi connectivity index (χ4v) is 0.799. The van der Waals surface area contributed by atoms with E-state index in [-0.39, 0.29) is 23.3 Å². The van der Waals surface area contributed by atoms with Gasteiger partial charge in [-0.1, -0.05) is 0 Å². The molecular formula is C5H7AlNO3+3. The topological polar surface area (TPSA) is 66.4 Å². The van der Waals surface area contributed by atoms with Gasteiger partial charge >= 0.3 is 23.3 Å². The predicted octanol–water partition coefficient (Wildman–Crippen LogP) is -1.03. The van der Waals surface area contributed by atoms with Crippen LogP contribution in [0.1, 0.15) is 12.8 Å². The van der Waals surface area contributed by atoms with Gasteiger partial charge in [-0.2, -0.15) is 0 Å². The minimum Gasteiger partial charge on any atom is -0.480 e. The Kier molecular flexibility index (Phi) is 3.40. The van der Waals surface area contributed by atoms with Crippen molar-refractivity contribution in [2.24, 2.45) is 0 Å². The van der Waals surface area contributed by atoms with Crippen molar-refractivity contribution in [1.82, 2.24) is 5.32 Å². The second-order valence-electron chi connectivity index (χ2n) is 2.00. The molecule has 1 rings (SSSR count). The van der Waals surface area contributed by atoms with Crippen LogP contribution in [0.2, 0.25) is 0 Å². The van der Waals surface area contributed by atoms with E-state index in [0.29, 0.717) is 12.8 Å². The minimum absolute atomic E-state index is 0. The molecule has 1 fully saturated rings. The van der Waals surface area contributed by atoms with Gasteiger partial charge < -0.3 is 10.4 Å². The van der Waals surface area contributed by atoms with Gasteiger partial charge in [-0.05, 0) is 6.42 Å². The van der Waals surface area contributed by atoms with Crippen molar-refractivity contribution in [2.75, 3.05) is 0 Å². The van der Waals surface area contributed by atoms with E-state index in [2.05, 4.69) is 5.32 Å². The van der Waals surface area contributed by atoms with Crippen molar-refractivity contribution in [1.29, 1.82) is 0 Å². The number of carboxylic acid groups (broad SMARTS) is 1. The van der Waals surface area contributed by atoms with Crippen molar-refractivity contribution in [2.45, 2.75) is 18.9 Å². The molecule has 1 heterocycles. The molecule has 1 aliphatic rings. The summed E-state index contributed by atoms with van der Waals surface area (Å²) in [5, 5.41) is 10.6. The van der Waals surface area contributed by atoms with Crippen molar-refractivity contribution in [3.05, 3.63) is 0 Å². The Morgan fingerprint density at radius 3 is 2.50 bits per heavy atom. The normalized spacial score (nSPS) is 23.2. The van der Waals surface area contributed by atoms with Crippen molar-refractivity contribution in [3.8, 4) is 0 Å². The number of hydrogen-bond donors (Lipinski definition) is 2. The van der Waals surface area contributed by atoms with Crippen LogP contribution in [0.25, 0.3) is 0 Å². The monoisotopic (exact) mass is 156 g/mol. The van der Waals surface area contributed by atoms with Crippen LogP contribution in [0.5, 0.6) is 0 Å². The predicted molar refractivity (Wildman–Crippen MR) is 34.6 cm³/mol. The van der Waals surface area contributed by atoms with Crippen LogP contribution in [-0.2, 0) is 9.59 Å². The molecule has 1 unspecified atom stereocenters. The first-order valence-electron chi connectivity index (χ1n) is 2.72. The van der Waals surface area contributed by atoms with Gasteiger partial charge in [-0.15, -0.1) is 0 Å². The van der Waals surface area contributed by atoms with Gasteiger partial charge in [0.05, 0.1) is 0 Å². The molecule has 0 radical (unpaired) electrons. The Balaban J connectivity index is 0.000000810. The van der Waals surface area contributed by atoms with Gasteiger partial charge in [-0.25, -0.2) is 4.79 Å². The van der Waals surface area contributed by atoms with Crippen LogP contribution in [-0.4, -0.2) is 40.4 Å². The van der Waals surface area contributed by atoms with Gasteiger partial charge in [-0.3, -0.25) is 4.79 Å². The number of rotatable bonds is 1. The molecule has 2 N–H and O–H groups in total. The number of carbonyl (C=O) groups excluding carboxylic acids is 1. The third kappa shape index (κ3) is 2.01. The van der Waals surface area contributed by atoms with Crippen LogP contribution < -0.4 is 5.32 Å². The molecule has 1 aliphatic heterocycles. The number of carbonyl (C=O) groups is 2. The van der Waals surface area contributed by atoms with E-state index >= 15 is 0 Å². The Labute approximate surface area is 68.7 Å². The molecule has 1 atom stereocenters. The van der Waals surface area contributed by atoms with E-state index < -0.39 is 12.0 Å². The smallest absolute Gasteiger partial charge is 0.480 e. The molecule has 0 aromatic heterocycles. The van der Waals surface area contributed by atoms with E-state index in [1.165, 1.54) is 0 Å². The number of amides is 1. The Bertz CT molecular complexity index is 159. The molecular weight excluding hydrogens is 149 g/mol. The van der Waals surface area contributed by atoms with Gasteiger partial charge in [0.15, 0.2) is 0 Å². The Morgan fingerprint density at radius 2 is 2.30 bits per heavy atom. The number of hydrogen-bond acceptors (Lipinski definition) is 2. The molecule has 0 aromatic carbocycles. The first-order valence-corrected chi connectivity index (χ1v) is 2.72. The van der Waals surface area contributed by atoms with Crippen molar-refractivity contribution < 1.29 is 14.7 Å². The molecule has 1 saturated heterocycles. The molecule has 0 spiro atoms. The third-order valence-corrected chi connectivity index (χ3v) is 1.29. The van der Waals surface area contributed by atoms with Crippen LogP contribution in [0.4, 0.5) is 0 Å². The molecule has 0 aliphatic carbocycles. The first kappa shape index (κ1) is 9.47. The standard InChI is InChI=1S/C5H7NO3.Al/c7-4-2-1-3(6-4)5(8)9;/h3H,1-2H2,(H,6,7)(H,8,9);/q;+3. The average molecular weight is 156 g/mol. The summed E-state index contributed by atoms with van der Waals surface area (Å²) in [7, 11) is 0. The molecule has 0 bridgehead atoms. The second kappa shape index (κ2) is 3.59. The molecule has 5 heteroatoms. The maximum atomic E-state index is 10.4. The molecule has 0 saturated carbocycles. The van der Waals surface area contributed by atoms with Gasteiger partial charge in [0, 0.05) is 6.42 Å². The van der Waals surface area contributed by atoms with Crippen LogP contribution in [0.15, 0.2) is 0 Å². The SMILES string of the molecule is O=C1CCC(C(=O)O)N1.[Al+3]. The fraction of sp³-hybridized carbons (Fsp3) is 0.600. The third-order valence-electron chi connectivity index (χ3n) is 1.29. The summed E-state index contributed by atoms with van der Waals surface area (Å²) in [5.41, 5.74) is 0. The van der Waals surface area contributed by atoms with Crippen LogP contribution in [0, 0.1) is 0 Å². The van der Waals surface area contributed by atoms with Crippen LogP contribution >= 0.6 is 0 Å². The van der Waals surface area contributed by atoms with Crippen molar-refractivity contribution in [3.63, 3.8) is 0 Å². The molecule has 4 nitrogen and oxygen atoms in total.